The number of carbonyl (C=O) groups excluding carboxylic acids is 2. The van der Waals surface area contributed by atoms with Crippen LogP contribution in [0.2, 0.25) is 10.0 Å². The molecule has 1 amide bonds. The van der Waals surface area contributed by atoms with E-state index in [4.69, 9.17) is 23.2 Å². The van der Waals surface area contributed by atoms with Crippen molar-refractivity contribution >= 4 is 56.0 Å². The molecule has 0 saturated heterocycles. The van der Waals surface area contributed by atoms with E-state index < -0.39 is 5.97 Å². The fourth-order valence-electron chi connectivity index (χ4n) is 1.18. The Morgan fingerprint density at radius 3 is 2.61 bits per heavy atom. The van der Waals surface area contributed by atoms with Crippen LogP contribution in [0.15, 0.2) is 23.9 Å². The van der Waals surface area contributed by atoms with Gasteiger partial charge in [0.2, 0.25) is 6.41 Å². The second-order valence-electron chi connectivity index (χ2n) is 3.07. The van der Waals surface area contributed by atoms with Crippen LogP contribution in [-0.4, -0.2) is 19.5 Å². The largest absolute Gasteiger partial charge is 0.464 e. The topological polar surface area (TPSA) is 55.4 Å². The molecule has 0 bridgehead atoms. The molecule has 0 atom stereocenters. The van der Waals surface area contributed by atoms with E-state index >= 15 is 0 Å². The third-order valence-corrected chi connectivity index (χ3v) is 3.35. The number of hydrogen-bond acceptors (Lipinski definition) is 3. The molecule has 0 unspecified atom stereocenters. The predicted octanol–water partition coefficient (Wildman–Crippen LogP) is 2.98. The number of methoxy groups -OCH3 is 1. The monoisotopic (exact) mass is 351 g/mol. The molecule has 0 spiro atoms. The summed E-state index contributed by atoms with van der Waals surface area (Å²) in [4.78, 5) is 22.0. The van der Waals surface area contributed by atoms with Crippen LogP contribution in [0, 0.1) is 0 Å². The van der Waals surface area contributed by atoms with E-state index in [-0.39, 0.29) is 5.70 Å². The van der Waals surface area contributed by atoms with Crippen molar-refractivity contribution in [2.45, 2.75) is 0 Å². The van der Waals surface area contributed by atoms with Gasteiger partial charge in [-0.15, -0.1) is 0 Å². The van der Waals surface area contributed by atoms with E-state index in [1.165, 1.54) is 13.2 Å². The highest BCUT2D eigenvalue weighted by Gasteiger charge is 2.17. The van der Waals surface area contributed by atoms with Gasteiger partial charge in [-0.05, 0) is 28.1 Å². The van der Waals surface area contributed by atoms with Gasteiger partial charge in [-0.1, -0.05) is 29.3 Å². The van der Waals surface area contributed by atoms with E-state index in [1.807, 2.05) is 0 Å². The summed E-state index contributed by atoms with van der Waals surface area (Å²) in [6.07, 6.45) is 0.372. The highest BCUT2D eigenvalue weighted by atomic mass is 79.9. The van der Waals surface area contributed by atoms with Crippen molar-refractivity contribution in [3.63, 3.8) is 0 Å². The number of carbonyl (C=O) groups is 2. The van der Waals surface area contributed by atoms with E-state index in [0.717, 1.165) is 0 Å². The Labute approximate surface area is 122 Å². The molecular weight excluding hydrogens is 345 g/mol. The molecule has 0 aliphatic heterocycles. The van der Waals surface area contributed by atoms with E-state index in [9.17, 15) is 9.59 Å². The molecule has 4 nitrogen and oxygen atoms in total. The lowest BCUT2D eigenvalue weighted by Gasteiger charge is -2.09. The number of esters is 1. The van der Waals surface area contributed by atoms with Crippen molar-refractivity contribution in [1.29, 1.82) is 0 Å². The summed E-state index contributed by atoms with van der Waals surface area (Å²) in [5, 5.41) is 3.06. The maximum Gasteiger partial charge on any atom is 0.355 e. The Balaban J connectivity index is 3.33. The van der Waals surface area contributed by atoms with Crippen molar-refractivity contribution < 1.29 is 14.3 Å². The van der Waals surface area contributed by atoms with Crippen molar-refractivity contribution in [3.8, 4) is 0 Å². The quantitative estimate of drug-likeness (QED) is 0.515. The maximum atomic E-state index is 11.5. The van der Waals surface area contributed by atoms with Gasteiger partial charge in [-0.3, -0.25) is 4.79 Å². The average Bonchev–Trinajstić information content (AvgIpc) is 2.34. The summed E-state index contributed by atoms with van der Waals surface area (Å²) in [6.45, 7) is 0. The van der Waals surface area contributed by atoms with Crippen LogP contribution in [0.3, 0.4) is 0 Å². The van der Waals surface area contributed by atoms with E-state index in [0.29, 0.717) is 26.5 Å². The lowest BCUT2D eigenvalue weighted by Crippen LogP contribution is -2.21. The number of nitrogens with one attached hydrogen (secondary N) is 1. The Morgan fingerprint density at radius 1 is 1.44 bits per heavy atom. The van der Waals surface area contributed by atoms with Gasteiger partial charge in [0.1, 0.15) is 5.70 Å². The van der Waals surface area contributed by atoms with E-state index in [1.54, 1.807) is 12.1 Å². The zero-order valence-electron chi connectivity index (χ0n) is 9.17. The van der Waals surface area contributed by atoms with Crippen LogP contribution >= 0.6 is 39.1 Å². The minimum atomic E-state index is -0.694. The molecule has 96 valence electrons. The lowest BCUT2D eigenvalue weighted by atomic mass is 10.2. The van der Waals surface area contributed by atoms with Crippen LogP contribution in [0.5, 0.6) is 0 Å². The molecule has 0 aromatic heterocycles. The van der Waals surface area contributed by atoms with Crippen molar-refractivity contribution in [2.24, 2.45) is 0 Å². The molecule has 0 heterocycles. The van der Waals surface area contributed by atoms with Crippen molar-refractivity contribution in [3.05, 3.63) is 39.5 Å². The molecule has 0 aliphatic carbocycles. The molecule has 0 fully saturated rings. The summed E-state index contributed by atoms with van der Waals surface area (Å²) >= 11 is 15.0. The number of benzene rings is 1. The second kappa shape index (κ2) is 6.78. The molecule has 18 heavy (non-hydrogen) atoms. The first-order valence-electron chi connectivity index (χ1n) is 4.65. The molecule has 0 saturated carbocycles. The number of halogens is 3. The molecule has 1 rings (SSSR count). The SMILES string of the molecule is COC(=O)/C(NC=O)=C(/Br)c1ccc(Cl)cc1Cl. The summed E-state index contributed by atoms with van der Waals surface area (Å²) in [5.74, 6) is -0.694. The zero-order chi connectivity index (χ0) is 13.7. The Kier molecular flexibility index (Phi) is 5.65. The maximum absolute atomic E-state index is 11.5. The third-order valence-electron chi connectivity index (χ3n) is 1.98. The summed E-state index contributed by atoms with van der Waals surface area (Å²) in [7, 11) is 1.21. The highest BCUT2D eigenvalue weighted by molar-refractivity contribution is 9.15. The average molecular weight is 353 g/mol. The fraction of sp³-hybridized carbons (Fsp3) is 0.0909. The second-order valence-corrected chi connectivity index (χ2v) is 4.70. The normalized spacial score (nSPS) is 11.6. The molecule has 0 radical (unpaired) electrons. The van der Waals surface area contributed by atoms with Crippen LogP contribution in [0.1, 0.15) is 5.56 Å². The zero-order valence-corrected chi connectivity index (χ0v) is 12.3. The highest BCUT2D eigenvalue weighted by Crippen LogP contribution is 2.32. The summed E-state index contributed by atoms with van der Waals surface area (Å²) in [6, 6.07) is 4.75. The van der Waals surface area contributed by atoms with Crippen LogP contribution in [0.4, 0.5) is 0 Å². The first kappa shape index (κ1) is 15.0. The summed E-state index contributed by atoms with van der Waals surface area (Å²) < 4.78 is 4.86. The standard InChI is InChI=1S/C11H8BrCl2NO3/c1-18-11(17)10(15-5-16)9(12)7-3-2-6(13)4-8(7)14/h2-5H,1H3,(H,15,16)/b10-9-. The van der Waals surface area contributed by atoms with Crippen LogP contribution in [0.25, 0.3) is 4.48 Å². The minimum absolute atomic E-state index is 0.0447. The number of hydrogen-bond donors (Lipinski definition) is 1. The Hall–Kier alpha value is -1.04. The van der Waals surface area contributed by atoms with Gasteiger partial charge < -0.3 is 10.1 Å². The van der Waals surface area contributed by atoms with E-state index in [2.05, 4.69) is 26.0 Å². The number of amides is 1. The minimum Gasteiger partial charge on any atom is -0.464 e. The van der Waals surface area contributed by atoms with Crippen molar-refractivity contribution in [1.82, 2.24) is 5.32 Å². The first-order valence-corrected chi connectivity index (χ1v) is 6.19. The predicted molar refractivity (Wildman–Crippen MR) is 73.5 cm³/mol. The first-order chi connectivity index (χ1) is 8.51. The van der Waals surface area contributed by atoms with Gasteiger partial charge in [-0.25, -0.2) is 4.79 Å². The third kappa shape index (κ3) is 3.48. The van der Waals surface area contributed by atoms with Crippen LogP contribution < -0.4 is 5.32 Å². The van der Waals surface area contributed by atoms with Gasteiger partial charge in [-0.2, -0.15) is 0 Å². The molecule has 1 aromatic carbocycles. The molecule has 0 aliphatic rings. The fourth-order valence-corrected chi connectivity index (χ4v) is 2.41. The lowest BCUT2D eigenvalue weighted by molar-refractivity contribution is -0.137. The van der Waals surface area contributed by atoms with Gasteiger partial charge in [0.25, 0.3) is 0 Å². The Bertz CT molecular complexity index is 517. The van der Waals surface area contributed by atoms with Gasteiger partial charge in [0, 0.05) is 10.6 Å². The Morgan fingerprint density at radius 2 is 2.11 bits per heavy atom. The molecule has 1 aromatic rings. The van der Waals surface area contributed by atoms with Gasteiger partial charge >= 0.3 is 5.97 Å². The van der Waals surface area contributed by atoms with Gasteiger partial charge in [0.05, 0.1) is 16.6 Å². The summed E-state index contributed by atoms with van der Waals surface area (Å²) in [5.41, 5.74) is 0.465. The van der Waals surface area contributed by atoms with Gasteiger partial charge in [0.15, 0.2) is 0 Å². The van der Waals surface area contributed by atoms with Crippen molar-refractivity contribution in [2.75, 3.05) is 7.11 Å². The molecule has 1 N–H and O–H groups in total. The number of ether oxygens (including phenoxy) is 1. The van der Waals surface area contributed by atoms with Crippen LogP contribution in [-0.2, 0) is 14.3 Å². The number of rotatable bonds is 4. The smallest absolute Gasteiger partial charge is 0.355 e. The molecular formula is C11H8BrCl2NO3. The molecule has 7 heteroatoms.